The zero-order valence-electron chi connectivity index (χ0n) is 35.4. The number of hydrogen-bond donors (Lipinski definition) is 0. The van der Waals surface area contributed by atoms with Crippen molar-refractivity contribution in [2.75, 3.05) is 13.2 Å². The minimum Gasteiger partial charge on any atom is -0.462 e. The Hall–Kier alpha value is -3.41. The molecular formula is C49H80O6. The highest BCUT2D eigenvalue weighted by Gasteiger charge is 2.19. The smallest absolute Gasteiger partial charge is 0.306 e. The van der Waals surface area contributed by atoms with E-state index in [0.717, 1.165) is 83.5 Å². The summed E-state index contributed by atoms with van der Waals surface area (Å²) in [5.74, 6) is -0.994. The van der Waals surface area contributed by atoms with Gasteiger partial charge in [-0.15, -0.1) is 0 Å². The fraction of sp³-hybridized carbons (Fsp3) is 0.653. The molecule has 6 nitrogen and oxygen atoms in total. The highest BCUT2D eigenvalue weighted by molar-refractivity contribution is 5.71. The lowest BCUT2D eigenvalue weighted by atomic mass is 10.0. The van der Waals surface area contributed by atoms with Crippen LogP contribution in [0.2, 0.25) is 0 Å². The normalized spacial score (nSPS) is 12.9. The first kappa shape index (κ1) is 51.6. The van der Waals surface area contributed by atoms with Gasteiger partial charge in [-0.3, -0.25) is 14.4 Å². The van der Waals surface area contributed by atoms with Gasteiger partial charge in [-0.25, -0.2) is 0 Å². The van der Waals surface area contributed by atoms with Crippen LogP contribution in [0.3, 0.4) is 0 Å². The first-order valence-corrected chi connectivity index (χ1v) is 22.1. The molecule has 0 bridgehead atoms. The van der Waals surface area contributed by atoms with E-state index in [1.807, 2.05) is 36.5 Å². The summed E-state index contributed by atoms with van der Waals surface area (Å²) in [4.78, 5) is 37.7. The second-order valence-electron chi connectivity index (χ2n) is 14.3. The molecule has 0 aliphatic carbocycles. The average Bonchev–Trinajstić information content (AvgIpc) is 3.18. The van der Waals surface area contributed by atoms with Crippen molar-refractivity contribution in [3.8, 4) is 0 Å². The third-order valence-electron chi connectivity index (χ3n) is 8.99. The molecule has 0 fully saturated rings. The summed E-state index contributed by atoms with van der Waals surface area (Å²) in [5.41, 5.74) is 0. The first-order chi connectivity index (χ1) is 27.0. The summed E-state index contributed by atoms with van der Waals surface area (Å²) in [7, 11) is 0. The molecule has 0 radical (unpaired) electrons. The molecule has 0 saturated carbocycles. The zero-order chi connectivity index (χ0) is 40.1. The number of esters is 3. The van der Waals surface area contributed by atoms with E-state index in [0.29, 0.717) is 19.3 Å². The van der Waals surface area contributed by atoms with Gasteiger partial charge in [0, 0.05) is 19.3 Å². The molecule has 0 heterocycles. The number of rotatable bonds is 38. The SMILES string of the molecule is CC\C=C/C=C\C=C/C=C\CCCCCC(=O)OCC(COC(=O)CCCCCCCCCCCCCC)OC(=O)CCCC/C=C\C/C=C\C/C=C\CC. The molecule has 0 aliphatic rings. The number of hydrogen-bond acceptors (Lipinski definition) is 6. The van der Waals surface area contributed by atoms with Gasteiger partial charge in [0.25, 0.3) is 0 Å². The van der Waals surface area contributed by atoms with Gasteiger partial charge >= 0.3 is 17.9 Å². The summed E-state index contributed by atoms with van der Waals surface area (Å²) < 4.78 is 16.6. The van der Waals surface area contributed by atoms with Crippen LogP contribution in [-0.4, -0.2) is 37.2 Å². The highest BCUT2D eigenvalue weighted by atomic mass is 16.6. The van der Waals surface area contributed by atoms with E-state index in [2.05, 4.69) is 69.4 Å². The van der Waals surface area contributed by atoms with E-state index in [9.17, 15) is 14.4 Å². The van der Waals surface area contributed by atoms with E-state index in [1.54, 1.807) is 0 Å². The molecule has 0 saturated heterocycles. The number of carbonyl (C=O) groups excluding carboxylic acids is 3. The molecule has 0 spiro atoms. The van der Waals surface area contributed by atoms with Crippen molar-refractivity contribution in [1.29, 1.82) is 0 Å². The molecule has 0 aromatic heterocycles. The molecule has 0 aliphatic heterocycles. The summed E-state index contributed by atoms with van der Waals surface area (Å²) in [5, 5.41) is 0. The van der Waals surface area contributed by atoms with Gasteiger partial charge in [0.1, 0.15) is 13.2 Å². The van der Waals surface area contributed by atoms with Crippen LogP contribution in [-0.2, 0) is 28.6 Å². The van der Waals surface area contributed by atoms with Gasteiger partial charge < -0.3 is 14.2 Å². The van der Waals surface area contributed by atoms with Crippen molar-refractivity contribution < 1.29 is 28.6 Å². The molecular weight excluding hydrogens is 685 g/mol. The van der Waals surface area contributed by atoms with Gasteiger partial charge in [0.05, 0.1) is 0 Å². The quantitative estimate of drug-likeness (QED) is 0.0205. The molecule has 1 atom stereocenters. The largest absolute Gasteiger partial charge is 0.462 e. The number of ether oxygens (including phenoxy) is 3. The molecule has 0 amide bonds. The van der Waals surface area contributed by atoms with Crippen molar-refractivity contribution in [2.45, 2.75) is 194 Å². The van der Waals surface area contributed by atoms with Crippen molar-refractivity contribution in [3.05, 3.63) is 85.1 Å². The van der Waals surface area contributed by atoms with Crippen LogP contribution in [0.15, 0.2) is 85.1 Å². The van der Waals surface area contributed by atoms with Crippen LogP contribution in [0.1, 0.15) is 188 Å². The van der Waals surface area contributed by atoms with Crippen molar-refractivity contribution in [2.24, 2.45) is 0 Å². The first-order valence-electron chi connectivity index (χ1n) is 22.1. The van der Waals surface area contributed by atoms with Crippen LogP contribution in [0, 0.1) is 0 Å². The van der Waals surface area contributed by atoms with Crippen molar-refractivity contribution in [1.82, 2.24) is 0 Å². The van der Waals surface area contributed by atoms with Gasteiger partial charge in [-0.2, -0.15) is 0 Å². The molecule has 0 N–H and O–H groups in total. The fourth-order valence-corrected chi connectivity index (χ4v) is 5.70. The molecule has 0 rings (SSSR count). The van der Waals surface area contributed by atoms with Crippen LogP contribution in [0.25, 0.3) is 0 Å². The minimum atomic E-state index is -0.808. The molecule has 55 heavy (non-hydrogen) atoms. The fourth-order valence-electron chi connectivity index (χ4n) is 5.70. The standard InChI is InChI=1S/C49H80O6/c1-4-7-10-13-16-19-22-25-28-30-33-36-39-42-48(51)54-45-46(55-49(52)43-40-37-34-31-27-24-21-18-15-12-9-6-3)44-53-47(50)41-38-35-32-29-26-23-20-17-14-11-8-5-2/h7,9-10,12-13,16,18-19,21-22,25,27-28,31,46H,4-6,8,11,14-15,17,20,23-24,26,29-30,32-45H2,1-3H3/b10-7-,12-9-,16-13-,21-18-,22-19-,28-25-,31-27-. The Labute approximate surface area is 337 Å². The second-order valence-corrected chi connectivity index (χ2v) is 14.3. The zero-order valence-corrected chi connectivity index (χ0v) is 35.4. The molecule has 1 unspecified atom stereocenters. The van der Waals surface area contributed by atoms with E-state index >= 15 is 0 Å². The average molecular weight is 765 g/mol. The Bertz CT molecular complexity index is 1110. The lowest BCUT2D eigenvalue weighted by Gasteiger charge is -2.18. The van der Waals surface area contributed by atoms with Gasteiger partial charge in [-0.05, 0) is 70.6 Å². The maximum atomic E-state index is 12.7. The maximum absolute atomic E-state index is 12.7. The second kappa shape index (κ2) is 43.3. The molecule has 6 heteroatoms. The minimum absolute atomic E-state index is 0.105. The van der Waals surface area contributed by atoms with Gasteiger partial charge in [-0.1, -0.05) is 183 Å². The lowest BCUT2D eigenvalue weighted by Crippen LogP contribution is -2.30. The Kier molecular flexibility index (Phi) is 40.6. The monoisotopic (exact) mass is 765 g/mol. The van der Waals surface area contributed by atoms with Crippen LogP contribution >= 0.6 is 0 Å². The summed E-state index contributed by atoms with van der Waals surface area (Å²) in [6, 6.07) is 0. The summed E-state index contributed by atoms with van der Waals surface area (Å²) in [6.45, 7) is 6.28. The van der Waals surface area contributed by atoms with Gasteiger partial charge in [0.15, 0.2) is 6.10 Å². The maximum Gasteiger partial charge on any atom is 0.306 e. The summed E-state index contributed by atoms with van der Waals surface area (Å²) in [6.07, 6.45) is 54.3. The molecule has 0 aromatic rings. The topological polar surface area (TPSA) is 78.9 Å². The van der Waals surface area contributed by atoms with Crippen molar-refractivity contribution in [3.63, 3.8) is 0 Å². The summed E-state index contributed by atoms with van der Waals surface area (Å²) >= 11 is 0. The van der Waals surface area contributed by atoms with Crippen LogP contribution in [0.5, 0.6) is 0 Å². The highest BCUT2D eigenvalue weighted by Crippen LogP contribution is 2.13. The molecule has 312 valence electrons. The van der Waals surface area contributed by atoms with E-state index < -0.39 is 6.10 Å². The lowest BCUT2D eigenvalue weighted by molar-refractivity contribution is -0.167. The van der Waals surface area contributed by atoms with E-state index in [1.165, 1.54) is 57.8 Å². The van der Waals surface area contributed by atoms with Crippen LogP contribution < -0.4 is 0 Å². The predicted octanol–water partition coefficient (Wildman–Crippen LogP) is 14.1. The predicted molar refractivity (Wildman–Crippen MR) is 233 cm³/mol. The van der Waals surface area contributed by atoms with Crippen molar-refractivity contribution >= 4 is 17.9 Å². The Morgan fingerprint density at radius 2 is 0.800 bits per heavy atom. The Morgan fingerprint density at radius 3 is 1.36 bits per heavy atom. The number of allylic oxidation sites excluding steroid dienone is 14. The van der Waals surface area contributed by atoms with E-state index in [4.69, 9.17) is 14.2 Å². The number of unbranched alkanes of at least 4 members (excludes halogenated alkanes) is 16. The molecule has 0 aromatic carbocycles. The Balaban J connectivity index is 4.51. The Morgan fingerprint density at radius 1 is 0.400 bits per heavy atom. The van der Waals surface area contributed by atoms with Gasteiger partial charge in [0.2, 0.25) is 0 Å². The third-order valence-corrected chi connectivity index (χ3v) is 8.99. The van der Waals surface area contributed by atoms with E-state index in [-0.39, 0.29) is 37.5 Å². The van der Waals surface area contributed by atoms with Crippen LogP contribution in [0.4, 0.5) is 0 Å². The third kappa shape index (κ3) is 41.6. The number of carbonyl (C=O) groups is 3.